The van der Waals surface area contributed by atoms with Crippen molar-refractivity contribution in [1.29, 1.82) is 0 Å². The molecule has 1 aromatic heterocycles. The van der Waals surface area contributed by atoms with Crippen molar-refractivity contribution in [2.75, 3.05) is 25.0 Å². The average Bonchev–Trinajstić information content (AvgIpc) is 3.53. The highest BCUT2D eigenvalue weighted by Crippen LogP contribution is 2.29. The molecule has 0 bridgehead atoms. The second-order valence-corrected chi connectivity index (χ2v) is 13.1. The first-order valence-corrected chi connectivity index (χ1v) is 17.7. The second-order valence-electron chi connectivity index (χ2n) is 13.1. The Kier molecular flexibility index (Phi) is 12.4. The van der Waals surface area contributed by atoms with Gasteiger partial charge in [-0.3, -0.25) is 19.2 Å². The molecule has 3 amide bonds. The molecule has 4 aromatic rings. The number of aliphatic hydroxyl groups is 1. The van der Waals surface area contributed by atoms with Crippen LogP contribution in [0.5, 0.6) is 0 Å². The second kappa shape index (κ2) is 17.1. The predicted molar refractivity (Wildman–Crippen MR) is 195 cm³/mol. The van der Waals surface area contributed by atoms with Gasteiger partial charge in [-0.15, -0.1) is 0 Å². The van der Waals surface area contributed by atoms with Crippen molar-refractivity contribution in [3.8, 4) is 5.69 Å². The van der Waals surface area contributed by atoms with E-state index in [0.717, 1.165) is 36.8 Å². The zero-order valence-electron chi connectivity index (χ0n) is 29.5. The highest BCUT2D eigenvalue weighted by Gasteiger charge is 2.32. The average molecular weight is 694 g/mol. The molecule has 11 heteroatoms. The van der Waals surface area contributed by atoms with E-state index < -0.39 is 23.8 Å². The maximum atomic E-state index is 14.6. The van der Waals surface area contributed by atoms with Crippen LogP contribution in [0.15, 0.2) is 78.9 Å². The van der Waals surface area contributed by atoms with Gasteiger partial charge in [-0.2, -0.15) is 5.10 Å². The van der Waals surface area contributed by atoms with Crippen LogP contribution in [0.1, 0.15) is 95.1 Å². The number of carbonyl (C=O) groups is 4. The third kappa shape index (κ3) is 8.72. The largest absolute Gasteiger partial charge is 0.481 e. The number of anilines is 1. The first-order chi connectivity index (χ1) is 24.6. The van der Waals surface area contributed by atoms with Crippen LogP contribution < -0.4 is 5.32 Å². The monoisotopic (exact) mass is 693 g/mol. The number of rotatable bonds is 15. The molecule has 2 heterocycles. The first-order valence-electron chi connectivity index (χ1n) is 17.7. The number of nitrogens with one attached hydrogen (secondary N) is 1. The lowest BCUT2D eigenvalue weighted by molar-refractivity contribution is -0.140. The number of aryl methyl sites for hydroxylation is 1. The number of nitrogens with zero attached hydrogens (tertiary/aromatic N) is 4. The Morgan fingerprint density at radius 2 is 1.59 bits per heavy atom. The van der Waals surface area contributed by atoms with Crippen molar-refractivity contribution in [2.45, 2.75) is 77.8 Å². The molecule has 2 atom stereocenters. The summed E-state index contributed by atoms with van der Waals surface area (Å²) in [5.41, 5.74) is 4.39. The number of unbranched alkanes of at least 4 members (excludes halogenated alkanes) is 2. The molecule has 51 heavy (non-hydrogen) atoms. The van der Waals surface area contributed by atoms with Crippen LogP contribution in [0.4, 0.5) is 5.69 Å². The Hall–Kier alpha value is -5.29. The summed E-state index contributed by atoms with van der Waals surface area (Å²) in [6.07, 6.45) is 3.84. The van der Waals surface area contributed by atoms with Gasteiger partial charge in [0, 0.05) is 37.4 Å². The van der Waals surface area contributed by atoms with E-state index >= 15 is 0 Å². The van der Waals surface area contributed by atoms with Crippen LogP contribution in [0.3, 0.4) is 0 Å². The van der Waals surface area contributed by atoms with Crippen molar-refractivity contribution in [2.24, 2.45) is 0 Å². The highest BCUT2D eigenvalue weighted by molar-refractivity contribution is 6.01. The lowest BCUT2D eigenvalue weighted by Gasteiger charge is -2.36. The van der Waals surface area contributed by atoms with Crippen molar-refractivity contribution < 1.29 is 29.4 Å². The van der Waals surface area contributed by atoms with Gasteiger partial charge < -0.3 is 25.3 Å². The van der Waals surface area contributed by atoms with Gasteiger partial charge >= 0.3 is 5.97 Å². The van der Waals surface area contributed by atoms with Crippen LogP contribution in [-0.2, 0) is 22.6 Å². The maximum Gasteiger partial charge on any atom is 0.311 e. The van der Waals surface area contributed by atoms with Gasteiger partial charge in [-0.1, -0.05) is 81.3 Å². The van der Waals surface area contributed by atoms with E-state index in [1.807, 2.05) is 36.1 Å². The summed E-state index contributed by atoms with van der Waals surface area (Å²) in [7, 11) is 0. The summed E-state index contributed by atoms with van der Waals surface area (Å²) >= 11 is 0. The number of carbonyl (C=O) groups excluding carboxylic acids is 3. The molecule has 0 aliphatic carbocycles. The predicted octanol–water partition coefficient (Wildman–Crippen LogP) is 5.98. The van der Waals surface area contributed by atoms with Gasteiger partial charge in [0.05, 0.1) is 29.8 Å². The minimum atomic E-state index is -1.12. The van der Waals surface area contributed by atoms with E-state index in [1.165, 1.54) is 0 Å². The first kappa shape index (κ1) is 37.0. The molecule has 268 valence electrons. The molecule has 0 fully saturated rings. The summed E-state index contributed by atoms with van der Waals surface area (Å²) < 4.78 is 1.57. The zero-order chi connectivity index (χ0) is 36.5. The standard InChI is InChI=1S/C40H47N5O6/c1-4-6-19-43(20-7-5-2)39(49)35-21-27(3)45(42-35)36-18-17-31(41-37(47)24-33(40(50)51)28-13-9-8-10-14-28)23-34(36)38(48)44-25-30-16-12-11-15-29(30)22-32(44)26-46/h8-18,21,23,32-33,46H,4-7,19-20,22,24-26H2,1-3H3,(H,41,47)(H,50,51)/t32-,33?/m0/s1. The molecular formula is C40H47N5O6. The summed E-state index contributed by atoms with van der Waals surface area (Å²) in [5, 5.41) is 27.8. The third-order valence-electron chi connectivity index (χ3n) is 9.41. The molecular weight excluding hydrogens is 646 g/mol. The van der Waals surface area contributed by atoms with Crippen molar-refractivity contribution in [1.82, 2.24) is 19.6 Å². The number of hydrogen-bond acceptors (Lipinski definition) is 6. The molecule has 0 radical (unpaired) electrons. The van der Waals surface area contributed by atoms with E-state index in [2.05, 4.69) is 19.2 Å². The Morgan fingerprint density at radius 1 is 0.922 bits per heavy atom. The Balaban J connectivity index is 1.51. The number of aliphatic carboxylic acids is 1. The fourth-order valence-corrected chi connectivity index (χ4v) is 6.54. The van der Waals surface area contributed by atoms with E-state index in [-0.39, 0.29) is 42.6 Å². The maximum absolute atomic E-state index is 14.6. The smallest absolute Gasteiger partial charge is 0.311 e. The Labute approximate surface area is 298 Å². The van der Waals surface area contributed by atoms with Crippen molar-refractivity contribution in [3.63, 3.8) is 0 Å². The molecule has 0 saturated carbocycles. The number of amides is 3. The fraction of sp³-hybridized carbons (Fsp3) is 0.375. The summed E-state index contributed by atoms with van der Waals surface area (Å²) in [4.78, 5) is 57.1. The van der Waals surface area contributed by atoms with E-state index in [9.17, 15) is 29.4 Å². The molecule has 1 unspecified atom stereocenters. The van der Waals surface area contributed by atoms with Crippen LogP contribution in [-0.4, -0.2) is 79.2 Å². The fourth-order valence-electron chi connectivity index (χ4n) is 6.54. The molecule has 5 rings (SSSR count). The van der Waals surface area contributed by atoms with Crippen LogP contribution >= 0.6 is 0 Å². The van der Waals surface area contributed by atoms with Crippen molar-refractivity contribution in [3.05, 3.63) is 113 Å². The summed E-state index contributed by atoms with van der Waals surface area (Å²) in [5.74, 6) is -3.25. The van der Waals surface area contributed by atoms with Gasteiger partial charge in [0.15, 0.2) is 5.69 Å². The lowest BCUT2D eigenvalue weighted by Crippen LogP contribution is -2.46. The number of fused-ring (bicyclic) bond motifs is 1. The minimum Gasteiger partial charge on any atom is -0.481 e. The molecule has 3 aromatic carbocycles. The molecule has 0 spiro atoms. The van der Waals surface area contributed by atoms with E-state index in [4.69, 9.17) is 5.10 Å². The van der Waals surface area contributed by atoms with Crippen molar-refractivity contribution >= 4 is 29.4 Å². The quantitative estimate of drug-likeness (QED) is 0.139. The van der Waals surface area contributed by atoms with Gasteiger partial charge in [0.1, 0.15) is 0 Å². The molecule has 1 aliphatic rings. The van der Waals surface area contributed by atoms with Gasteiger partial charge in [0.25, 0.3) is 11.8 Å². The van der Waals surface area contributed by atoms with E-state index in [1.54, 1.807) is 64.2 Å². The normalized spacial score (nSPS) is 14.4. The van der Waals surface area contributed by atoms with Crippen LogP contribution in [0, 0.1) is 6.92 Å². The topological polar surface area (TPSA) is 145 Å². The molecule has 3 N–H and O–H groups in total. The summed E-state index contributed by atoms with van der Waals surface area (Å²) in [6, 6.07) is 22.5. The molecule has 1 aliphatic heterocycles. The van der Waals surface area contributed by atoms with Crippen LogP contribution in [0.25, 0.3) is 5.69 Å². The van der Waals surface area contributed by atoms with E-state index in [0.29, 0.717) is 42.1 Å². The number of benzene rings is 3. The van der Waals surface area contributed by atoms with Gasteiger partial charge in [-0.05, 0) is 67.1 Å². The number of aromatic nitrogens is 2. The number of hydrogen-bond donors (Lipinski definition) is 3. The number of carboxylic acids is 1. The third-order valence-corrected chi connectivity index (χ3v) is 9.41. The lowest BCUT2D eigenvalue weighted by atomic mass is 9.93. The Morgan fingerprint density at radius 3 is 2.24 bits per heavy atom. The zero-order valence-corrected chi connectivity index (χ0v) is 29.5. The highest BCUT2D eigenvalue weighted by atomic mass is 16.4. The van der Waals surface area contributed by atoms with Gasteiger partial charge in [-0.25, -0.2) is 4.68 Å². The Bertz CT molecular complexity index is 1850. The molecule has 11 nitrogen and oxygen atoms in total. The SMILES string of the molecule is CCCCN(CCCC)C(=O)c1cc(C)n(-c2ccc(NC(=O)CC(C(=O)O)c3ccccc3)cc2C(=O)N2Cc3ccccc3C[C@H]2CO)n1. The number of carboxylic acid groups (broad SMARTS) is 1. The van der Waals surface area contributed by atoms with Crippen LogP contribution in [0.2, 0.25) is 0 Å². The minimum absolute atomic E-state index is 0.171. The van der Waals surface area contributed by atoms with Gasteiger partial charge in [0.2, 0.25) is 5.91 Å². The summed E-state index contributed by atoms with van der Waals surface area (Å²) in [6.45, 7) is 7.28. The molecule has 0 saturated heterocycles. The number of aliphatic hydroxyl groups excluding tert-OH is 1.